The third-order valence-electron chi connectivity index (χ3n) is 4.70. The smallest absolute Gasteiger partial charge is 0.412 e. The van der Waals surface area contributed by atoms with E-state index < -0.39 is 27.9 Å². The Bertz CT molecular complexity index is 1310. The molecule has 1 aromatic heterocycles. The predicted octanol–water partition coefficient (Wildman–Crippen LogP) is 3.65. The highest BCUT2D eigenvalue weighted by atomic mass is 32.2. The zero-order valence-electron chi connectivity index (χ0n) is 18.4. The van der Waals surface area contributed by atoms with E-state index in [1.807, 2.05) is 0 Å². The van der Waals surface area contributed by atoms with Crippen LogP contribution < -0.4 is 10.5 Å². The summed E-state index contributed by atoms with van der Waals surface area (Å²) in [5.74, 6) is -1.21. The van der Waals surface area contributed by atoms with Crippen molar-refractivity contribution in [2.24, 2.45) is 5.73 Å². The molecule has 2 N–H and O–H groups in total. The molecule has 0 aliphatic rings. The molecular formula is C22H23FN2O7S. The normalized spacial score (nSPS) is 11.8. The summed E-state index contributed by atoms with van der Waals surface area (Å²) >= 11 is 0. The topological polar surface area (TPSA) is 129 Å². The number of benzene rings is 2. The zero-order valence-corrected chi connectivity index (χ0v) is 19.2. The standard InChI is InChI=1S/C22H23FN2O7S/c1-12(2)30-17-10-16-18(9-14(17)11-25(3)33(4,28)29)31-20(13-5-7-15(23)8-6-13)19(16)21(26)32-22(24)27/h5-10,12H,11H2,1-4H3,(H2,24,27). The summed E-state index contributed by atoms with van der Waals surface area (Å²) in [5.41, 5.74) is 5.96. The lowest BCUT2D eigenvalue weighted by Crippen LogP contribution is -2.25. The number of esters is 1. The summed E-state index contributed by atoms with van der Waals surface area (Å²) < 4.78 is 54.7. The van der Waals surface area contributed by atoms with E-state index >= 15 is 0 Å². The maximum Gasteiger partial charge on any atom is 0.412 e. The monoisotopic (exact) mass is 478 g/mol. The first-order valence-electron chi connectivity index (χ1n) is 9.81. The van der Waals surface area contributed by atoms with Crippen LogP contribution in [0.5, 0.6) is 5.75 Å². The van der Waals surface area contributed by atoms with Gasteiger partial charge in [0.2, 0.25) is 10.0 Å². The summed E-state index contributed by atoms with van der Waals surface area (Å²) in [5, 5.41) is 0.252. The molecule has 0 saturated carbocycles. The summed E-state index contributed by atoms with van der Waals surface area (Å²) in [4.78, 5) is 24.0. The van der Waals surface area contributed by atoms with E-state index in [0.29, 0.717) is 16.9 Å². The van der Waals surface area contributed by atoms with Crippen molar-refractivity contribution in [1.29, 1.82) is 0 Å². The molecule has 9 nitrogen and oxygen atoms in total. The van der Waals surface area contributed by atoms with Gasteiger partial charge < -0.3 is 19.6 Å². The van der Waals surface area contributed by atoms with Crippen LogP contribution in [0, 0.1) is 5.82 Å². The van der Waals surface area contributed by atoms with Gasteiger partial charge in [-0.15, -0.1) is 0 Å². The van der Waals surface area contributed by atoms with E-state index in [9.17, 15) is 22.4 Å². The van der Waals surface area contributed by atoms with Crippen LogP contribution in [0.1, 0.15) is 29.8 Å². The predicted molar refractivity (Wildman–Crippen MR) is 119 cm³/mol. The molecule has 0 radical (unpaired) electrons. The highest BCUT2D eigenvalue weighted by molar-refractivity contribution is 7.88. The van der Waals surface area contributed by atoms with E-state index in [0.717, 1.165) is 10.6 Å². The van der Waals surface area contributed by atoms with Gasteiger partial charge >= 0.3 is 12.1 Å². The number of fused-ring (bicyclic) bond motifs is 1. The SMILES string of the molecule is CC(C)Oc1cc2c(C(=O)OC(N)=O)c(-c3ccc(F)cc3)oc2cc1CN(C)S(C)(=O)=O. The lowest BCUT2D eigenvalue weighted by Gasteiger charge is -2.18. The van der Waals surface area contributed by atoms with Crippen LogP contribution in [-0.2, 0) is 21.3 Å². The molecule has 0 bridgehead atoms. The molecular weight excluding hydrogens is 455 g/mol. The highest BCUT2D eigenvalue weighted by Gasteiger charge is 2.27. The number of amides is 1. The van der Waals surface area contributed by atoms with E-state index in [4.69, 9.17) is 14.9 Å². The molecule has 1 heterocycles. The van der Waals surface area contributed by atoms with Crippen LogP contribution in [0.25, 0.3) is 22.3 Å². The van der Waals surface area contributed by atoms with Gasteiger partial charge in [-0.1, -0.05) is 0 Å². The van der Waals surface area contributed by atoms with Crippen LogP contribution in [0.3, 0.4) is 0 Å². The van der Waals surface area contributed by atoms with Crippen molar-refractivity contribution in [3.8, 4) is 17.1 Å². The Labute approximate surface area is 189 Å². The Kier molecular flexibility index (Phi) is 6.75. The number of carbonyl (C=O) groups excluding carboxylic acids is 2. The fraction of sp³-hybridized carbons (Fsp3) is 0.273. The Hall–Kier alpha value is -3.44. The van der Waals surface area contributed by atoms with Gasteiger partial charge in [0.15, 0.2) is 0 Å². The molecule has 2 aromatic carbocycles. The van der Waals surface area contributed by atoms with Gasteiger partial charge in [0, 0.05) is 30.1 Å². The van der Waals surface area contributed by atoms with E-state index in [-0.39, 0.29) is 34.9 Å². The minimum atomic E-state index is -3.49. The second kappa shape index (κ2) is 9.20. The number of nitrogens with two attached hydrogens (primary N) is 1. The number of carbonyl (C=O) groups is 2. The fourth-order valence-electron chi connectivity index (χ4n) is 3.16. The van der Waals surface area contributed by atoms with Gasteiger partial charge in [-0.2, -0.15) is 0 Å². The molecule has 0 saturated heterocycles. The average Bonchev–Trinajstić information content (AvgIpc) is 3.05. The summed E-state index contributed by atoms with van der Waals surface area (Å²) in [7, 11) is -2.07. The van der Waals surface area contributed by atoms with Gasteiger partial charge in [0.05, 0.1) is 12.4 Å². The van der Waals surface area contributed by atoms with E-state index in [1.165, 1.54) is 37.4 Å². The Morgan fingerprint density at radius 1 is 1.18 bits per heavy atom. The van der Waals surface area contributed by atoms with Crippen molar-refractivity contribution >= 4 is 33.1 Å². The molecule has 0 spiro atoms. The number of rotatable bonds is 7. The highest BCUT2D eigenvalue weighted by Crippen LogP contribution is 2.38. The number of hydrogen-bond donors (Lipinski definition) is 1. The quantitative estimate of drug-likeness (QED) is 0.405. The van der Waals surface area contributed by atoms with Gasteiger partial charge in [-0.3, -0.25) is 0 Å². The largest absolute Gasteiger partial charge is 0.491 e. The Balaban J connectivity index is 2.27. The van der Waals surface area contributed by atoms with Crippen LogP contribution in [0.2, 0.25) is 0 Å². The van der Waals surface area contributed by atoms with Crippen LogP contribution in [0.4, 0.5) is 9.18 Å². The number of furan rings is 1. The molecule has 3 rings (SSSR count). The molecule has 11 heteroatoms. The average molecular weight is 478 g/mol. The molecule has 1 amide bonds. The van der Waals surface area contributed by atoms with Crippen molar-refractivity contribution in [3.05, 3.63) is 53.3 Å². The maximum atomic E-state index is 13.4. The van der Waals surface area contributed by atoms with Gasteiger partial charge in [0.1, 0.15) is 28.5 Å². The number of sulfonamides is 1. The molecule has 0 atom stereocenters. The van der Waals surface area contributed by atoms with Crippen LogP contribution in [-0.4, -0.2) is 44.2 Å². The zero-order chi connectivity index (χ0) is 24.5. The van der Waals surface area contributed by atoms with Crippen molar-refractivity contribution < 1.29 is 36.3 Å². The number of primary amides is 1. The van der Waals surface area contributed by atoms with Crippen LogP contribution in [0.15, 0.2) is 40.8 Å². The lowest BCUT2D eigenvalue weighted by molar-refractivity contribution is 0.0640. The maximum absolute atomic E-state index is 13.4. The van der Waals surface area contributed by atoms with Crippen LogP contribution >= 0.6 is 0 Å². The molecule has 0 fully saturated rings. The molecule has 0 aliphatic heterocycles. The molecule has 33 heavy (non-hydrogen) atoms. The minimum Gasteiger partial charge on any atom is -0.491 e. The second-order valence-electron chi connectivity index (χ2n) is 7.66. The first kappa shape index (κ1) is 24.2. The lowest BCUT2D eigenvalue weighted by atomic mass is 10.0. The van der Waals surface area contributed by atoms with Gasteiger partial charge in [0.25, 0.3) is 0 Å². The van der Waals surface area contributed by atoms with Gasteiger partial charge in [-0.25, -0.2) is 26.7 Å². The van der Waals surface area contributed by atoms with Crippen molar-refractivity contribution in [2.45, 2.75) is 26.5 Å². The third-order valence-corrected chi connectivity index (χ3v) is 5.96. The first-order chi connectivity index (χ1) is 15.4. The number of hydrogen-bond acceptors (Lipinski definition) is 7. The Morgan fingerprint density at radius 3 is 2.36 bits per heavy atom. The molecule has 3 aromatic rings. The second-order valence-corrected chi connectivity index (χ2v) is 9.75. The van der Waals surface area contributed by atoms with Crippen molar-refractivity contribution in [1.82, 2.24) is 4.31 Å². The number of ether oxygens (including phenoxy) is 2. The fourth-order valence-corrected chi connectivity index (χ4v) is 3.53. The summed E-state index contributed by atoms with van der Waals surface area (Å²) in [6, 6.07) is 8.23. The minimum absolute atomic E-state index is 0.0233. The summed E-state index contributed by atoms with van der Waals surface area (Å²) in [6.07, 6.45) is -0.495. The molecule has 0 unspecified atom stereocenters. The van der Waals surface area contributed by atoms with Crippen molar-refractivity contribution in [2.75, 3.05) is 13.3 Å². The Morgan fingerprint density at radius 2 is 1.82 bits per heavy atom. The first-order valence-corrected chi connectivity index (χ1v) is 11.7. The van der Waals surface area contributed by atoms with Crippen molar-refractivity contribution in [3.63, 3.8) is 0 Å². The molecule has 176 valence electrons. The number of nitrogens with zero attached hydrogens (tertiary/aromatic N) is 1. The molecule has 0 aliphatic carbocycles. The summed E-state index contributed by atoms with van der Waals surface area (Å²) in [6.45, 7) is 3.55. The number of halogens is 1. The van der Waals surface area contributed by atoms with E-state index in [2.05, 4.69) is 4.74 Å². The third kappa shape index (κ3) is 5.49. The van der Waals surface area contributed by atoms with Gasteiger partial charge in [-0.05, 0) is 50.2 Å². The van der Waals surface area contributed by atoms with E-state index in [1.54, 1.807) is 19.9 Å².